The van der Waals surface area contributed by atoms with Crippen molar-refractivity contribution >= 4 is 0 Å². The number of hydrogen-bond acceptors (Lipinski definition) is 3. The van der Waals surface area contributed by atoms with Crippen LogP contribution in [0.3, 0.4) is 0 Å². The molecule has 1 saturated heterocycles. The van der Waals surface area contributed by atoms with Crippen molar-refractivity contribution in [3.63, 3.8) is 0 Å². The summed E-state index contributed by atoms with van der Waals surface area (Å²) in [4.78, 5) is 5.05. The molecule has 1 aliphatic heterocycles. The van der Waals surface area contributed by atoms with Crippen molar-refractivity contribution in [3.8, 4) is 0 Å². The van der Waals surface area contributed by atoms with E-state index in [9.17, 15) is 0 Å². The van der Waals surface area contributed by atoms with Gasteiger partial charge in [0, 0.05) is 18.1 Å². The number of likely N-dealkylation sites (tertiary alicyclic amines) is 1. The smallest absolute Gasteiger partial charge is 0.0113 e. The summed E-state index contributed by atoms with van der Waals surface area (Å²) < 4.78 is 0. The Morgan fingerprint density at radius 1 is 1.22 bits per heavy atom. The van der Waals surface area contributed by atoms with Crippen LogP contribution < -0.4 is 5.32 Å². The minimum atomic E-state index is 0.645. The van der Waals surface area contributed by atoms with Gasteiger partial charge in [0.15, 0.2) is 0 Å². The van der Waals surface area contributed by atoms with Gasteiger partial charge in [0.1, 0.15) is 0 Å². The predicted molar refractivity (Wildman–Crippen MR) is 80.1 cm³/mol. The molecule has 108 valence electrons. The molecule has 0 spiro atoms. The van der Waals surface area contributed by atoms with Gasteiger partial charge in [0.05, 0.1) is 0 Å². The van der Waals surface area contributed by atoms with Crippen molar-refractivity contribution in [2.45, 2.75) is 64.6 Å². The van der Waals surface area contributed by atoms with Crippen LogP contribution in [0, 0.1) is 0 Å². The average molecular weight is 255 g/mol. The molecular formula is C15H33N3. The first-order valence-corrected chi connectivity index (χ1v) is 7.68. The second-order valence-electron chi connectivity index (χ2n) is 6.17. The van der Waals surface area contributed by atoms with Gasteiger partial charge in [-0.25, -0.2) is 0 Å². The van der Waals surface area contributed by atoms with Crippen molar-refractivity contribution < 1.29 is 0 Å². The van der Waals surface area contributed by atoms with Crippen molar-refractivity contribution in [3.05, 3.63) is 0 Å². The summed E-state index contributed by atoms with van der Waals surface area (Å²) in [6.07, 6.45) is 5.15. The van der Waals surface area contributed by atoms with Crippen LogP contribution >= 0.6 is 0 Å². The molecule has 0 radical (unpaired) electrons. The highest BCUT2D eigenvalue weighted by atomic mass is 15.2. The summed E-state index contributed by atoms with van der Waals surface area (Å²) in [5.41, 5.74) is 0. The van der Waals surface area contributed by atoms with E-state index in [1.165, 1.54) is 38.8 Å². The van der Waals surface area contributed by atoms with Gasteiger partial charge in [0.2, 0.25) is 0 Å². The highest BCUT2D eigenvalue weighted by Crippen LogP contribution is 2.18. The molecule has 0 aromatic rings. The fourth-order valence-corrected chi connectivity index (χ4v) is 2.98. The Balaban J connectivity index is 2.25. The van der Waals surface area contributed by atoms with Gasteiger partial charge >= 0.3 is 0 Å². The molecule has 1 aliphatic rings. The van der Waals surface area contributed by atoms with Gasteiger partial charge in [0.25, 0.3) is 0 Å². The van der Waals surface area contributed by atoms with Gasteiger partial charge in [-0.3, -0.25) is 0 Å². The third-order valence-corrected chi connectivity index (χ3v) is 4.29. The number of nitrogens with zero attached hydrogens (tertiary/aromatic N) is 2. The van der Waals surface area contributed by atoms with Crippen LogP contribution in [0.5, 0.6) is 0 Å². The summed E-state index contributed by atoms with van der Waals surface area (Å²) in [6, 6.07) is 2.16. The maximum absolute atomic E-state index is 3.59. The Morgan fingerprint density at radius 3 is 2.33 bits per heavy atom. The van der Waals surface area contributed by atoms with Crippen LogP contribution in [0.1, 0.15) is 46.5 Å². The van der Waals surface area contributed by atoms with Crippen LogP contribution in [-0.2, 0) is 0 Å². The molecule has 0 aromatic carbocycles. The van der Waals surface area contributed by atoms with Crippen LogP contribution in [0.4, 0.5) is 0 Å². The van der Waals surface area contributed by atoms with E-state index in [1.807, 2.05) is 0 Å². The van der Waals surface area contributed by atoms with Crippen LogP contribution in [0.15, 0.2) is 0 Å². The number of nitrogens with one attached hydrogen (secondary N) is 1. The SMILES string of the molecule is CCCNC(C)CC(C)N1CCC(N(C)C)CC1. The molecule has 0 saturated carbocycles. The Hall–Kier alpha value is -0.120. The quantitative estimate of drug-likeness (QED) is 0.752. The fourth-order valence-electron chi connectivity index (χ4n) is 2.98. The van der Waals surface area contributed by atoms with E-state index in [4.69, 9.17) is 0 Å². The Labute approximate surface area is 114 Å². The third kappa shape index (κ3) is 5.25. The van der Waals surface area contributed by atoms with Gasteiger partial charge < -0.3 is 15.1 Å². The first kappa shape index (κ1) is 15.9. The zero-order valence-electron chi connectivity index (χ0n) is 13.1. The minimum absolute atomic E-state index is 0.645. The zero-order valence-corrected chi connectivity index (χ0v) is 13.1. The van der Waals surface area contributed by atoms with Gasteiger partial charge in [-0.15, -0.1) is 0 Å². The largest absolute Gasteiger partial charge is 0.314 e. The molecular weight excluding hydrogens is 222 g/mol. The van der Waals surface area contributed by atoms with Crippen molar-refractivity contribution in [1.82, 2.24) is 15.1 Å². The Kier molecular flexibility index (Phi) is 7.20. The number of rotatable bonds is 7. The fraction of sp³-hybridized carbons (Fsp3) is 1.00. The van der Waals surface area contributed by atoms with E-state index in [0.717, 1.165) is 12.6 Å². The lowest BCUT2D eigenvalue weighted by atomic mass is 10.0. The summed E-state index contributed by atoms with van der Waals surface area (Å²) in [5, 5.41) is 3.59. The van der Waals surface area contributed by atoms with Gasteiger partial charge in [-0.05, 0) is 73.3 Å². The van der Waals surface area contributed by atoms with Gasteiger partial charge in [-0.1, -0.05) is 6.92 Å². The summed E-state index contributed by atoms with van der Waals surface area (Å²) in [5.74, 6) is 0. The van der Waals surface area contributed by atoms with Crippen LogP contribution in [0.25, 0.3) is 0 Å². The standard InChI is InChI=1S/C15H33N3/c1-6-9-16-13(2)12-14(3)18-10-7-15(8-11-18)17(4)5/h13-16H,6-12H2,1-5H3. The molecule has 2 atom stereocenters. The normalized spacial score (nSPS) is 22.3. The molecule has 3 heteroatoms. The Bertz CT molecular complexity index is 210. The van der Waals surface area contributed by atoms with E-state index < -0.39 is 0 Å². The van der Waals surface area contributed by atoms with Crippen molar-refractivity contribution in [1.29, 1.82) is 0 Å². The summed E-state index contributed by atoms with van der Waals surface area (Å²) in [7, 11) is 4.42. The third-order valence-electron chi connectivity index (χ3n) is 4.29. The average Bonchev–Trinajstić information content (AvgIpc) is 2.36. The first-order valence-electron chi connectivity index (χ1n) is 7.68. The van der Waals surface area contributed by atoms with Crippen molar-refractivity contribution in [2.75, 3.05) is 33.7 Å². The van der Waals surface area contributed by atoms with Gasteiger partial charge in [-0.2, -0.15) is 0 Å². The van der Waals surface area contributed by atoms with Crippen LogP contribution in [0.2, 0.25) is 0 Å². The monoisotopic (exact) mass is 255 g/mol. The molecule has 1 fully saturated rings. The zero-order chi connectivity index (χ0) is 13.5. The molecule has 1 N–H and O–H groups in total. The number of piperidine rings is 1. The molecule has 3 nitrogen and oxygen atoms in total. The summed E-state index contributed by atoms with van der Waals surface area (Å²) in [6.45, 7) is 10.6. The highest BCUT2D eigenvalue weighted by molar-refractivity contribution is 4.81. The lowest BCUT2D eigenvalue weighted by Gasteiger charge is -2.39. The molecule has 18 heavy (non-hydrogen) atoms. The van der Waals surface area contributed by atoms with E-state index in [0.29, 0.717) is 12.1 Å². The topological polar surface area (TPSA) is 18.5 Å². The lowest BCUT2D eigenvalue weighted by Crippen LogP contribution is -2.47. The van der Waals surface area contributed by atoms with E-state index >= 15 is 0 Å². The first-order chi connectivity index (χ1) is 8.54. The molecule has 1 rings (SSSR count). The minimum Gasteiger partial charge on any atom is -0.314 e. The maximum atomic E-state index is 3.59. The molecule has 0 aliphatic carbocycles. The predicted octanol–water partition coefficient (Wildman–Crippen LogP) is 2.18. The second kappa shape index (κ2) is 8.13. The van der Waals surface area contributed by atoms with E-state index in [2.05, 4.69) is 50.0 Å². The second-order valence-corrected chi connectivity index (χ2v) is 6.17. The van der Waals surface area contributed by atoms with Crippen molar-refractivity contribution in [2.24, 2.45) is 0 Å². The molecule has 1 heterocycles. The molecule has 2 unspecified atom stereocenters. The van der Waals surface area contributed by atoms with Crippen LogP contribution in [-0.4, -0.2) is 61.7 Å². The summed E-state index contributed by atoms with van der Waals surface area (Å²) >= 11 is 0. The maximum Gasteiger partial charge on any atom is 0.0113 e. The van der Waals surface area contributed by atoms with E-state index in [-0.39, 0.29) is 0 Å². The molecule has 0 aromatic heterocycles. The molecule has 0 bridgehead atoms. The number of hydrogen-bond donors (Lipinski definition) is 1. The van der Waals surface area contributed by atoms with E-state index in [1.54, 1.807) is 0 Å². The lowest BCUT2D eigenvalue weighted by molar-refractivity contribution is 0.107. The molecule has 0 amide bonds. The Morgan fingerprint density at radius 2 is 1.83 bits per heavy atom. The highest BCUT2D eigenvalue weighted by Gasteiger charge is 2.24.